The zero-order valence-corrected chi connectivity index (χ0v) is 12.7. The van der Waals surface area contributed by atoms with Crippen LogP contribution in [0, 0.1) is 5.92 Å². The van der Waals surface area contributed by atoms with Gasteiger partial charge in [-0.1, -0.05) is 72.6 Å². The van der Waals surface area contributed by atoms with Gasteiger partial charge in [-0.25, -0.2) is 0 Å². The number of nitrogens with one attached hydrogen (secondary N) is 1. The minimum atomic E-state index is 0.756. The summed E-state index contributed by atoms with van der Waals surface area (Å²) in [6.07, 6.45) is 12.4. The third-order valence-electron chi connectivity index (χ3n) is 3.86. The summed E-state index contributed by atoms with van der Waals surface area (Å²) in [4.78, 5) is 0. The minimum absolute atomic E-state index is 0.756. The van der Waals surface area contributed by atoms with Crippen LogP contribution >= 0.6 is 0 Å². The molecule has 0 aromatic heterocycles. The second kappa shape index (κ2) is 12.4. The molecule has 0 bridgehead atoms. The van der Waals surface area contributed by atoms with Gasteiger partial charge in [0, 0.05) is 6.04 Å². The summed E-state index contributed by atoms with van der Waals surface area (Å²) >= 11 is 0. The van der Waals surface area contributed by atoms with Gasteiger partial charge >= 0.3 is 0 Å². The van der Waals surface area contributed by atoms with E-state index in [0.29, 0.717) is 0 Å². The maximum atomic E-state index is 3.72. The van der Waals surface area contributed by atoms with Crippen LogP contribution in [0.15, 0.2) is 0 Å². The molecule has 17 heavy (non-hydrogen) atoms. The normalized spacial score (nSPS) is 14.8. The molecule has 0 spiro atoms. The molecule has 0 fully saturated rings. The maximum absolute atomic E-state index is 3.72. The van der Waals surface area contributed by atoms with Gasteiger partial charge in [0.05, 0.1) is 0 Å². The molecule has 0 aliphatic heterocycles. The first-order chi connectivity index (χ1) is 8.26. The third-order valence-corrected chi connectivity index (χ3v) is 3.86. The Bertz CT molecular complexity index is 144. The van der Waals surface area contributed by atoms with Gasteiger partial charge in [0.1, 0.15) is 0 Å². The van der Waals surface area contributed by atoms with Crippen LogP contribution < -0.4 is 5.32 Å². The lowest BCUT2D eigenvalue weighted by atomic mass is 9.93. The van der Waals surface area contributed by atoms with Crippen LogP contribution in [0.5, 0.6) is 0 Å². The highest BCUT2D eigenvalue weighted by Crippen LogP contribution is 2.15. The lowest BCUT2D eigenvalue weighted by molar-refractivity contribution is 0.337. The Kier molecular flexibility index (Phi) is 12.4. The minimum Gasteiger partial charge on any atom is -0.314 e. The van der Waals surface area contributed by atoms with Crippen molar-refractivity contribution in [2.75, 3.05) is 6.54 Å². The largest absolute Gasteiger partial charge is 0.314 e. The fourth-order valence-corrected chi connectivity index (χ4v) is 2.35. The van der Waals surface area contributed by atoms with Crippen LogP contribution in [0.4, 0.5) is 0 Å². The fourth-order valence-electron chi connectivity index (χ4n) is 2.35. The van der Waals surface area contributed by atoms with Gasteiger partial charge in [-0.3, -0.25) is 0 Å². The van der Waals surface area contributed by atoms with Gasteiger partial charge in [0.15, 0.2) is 0 Å². The predicted octanol–water partition coefficient (Wildman–Crippen LogP) is 5.15. The molecule has 1 nitrogen and oxygen atoms in total. The number of hydrogen-bond donors (Lipinski definition) is 1. The van der Waals surface area contributed by atoms with Gasteiger partial charge in [0.25, 0.3) is 0 Å². The summed E-state index contributed by atoms with van der Waals surface area (Å²) in [7, 11) is 0. The topological polar surface area (TPSA) is 12.0 Å². The third kappa shape index (κ3) is 9.64. The Morgan fingerprint density at radius 3 is 2.06 bits per heavy atom. The molecule has 0 aromatic carbocycles. The Morgan fingerprint density at radius 1 is 0.824 bits per heavy atom. The van der Waals surface area contributed by atoms with E-state index in [1.165, 1.54) is 64.3 Å². The Morgan fingerprint density at radius 2 is 1.47 bits per heavy atom. The SMILES string of the molecule is CCCCCCCCC(NCCC)C(C)CC. The molecule has 0 aliphatic carbocycles. The van der Waals surface area contributed by atoms with E-state index in [-0.39, 0.29) is 0 Å². The van der Waals surface area contributed by atoms with Crippen molar-refractivity contribution in [1.82, 2.24) is 5.32 Å². The van der Waals surface area contributed by atoms with E-state index in [1.54, 1.807) is 0 Å². The first-order valence-electron chi connectivity index (χ1n) is 7.99. The van der Waals surface area contributed by atoms with E-state index in [1.807, 2.05) is 0 Å². The van der Waals surface area contributed by atoms with Crippen LogP contribution in [0.1, 0.15) is 85.5 Å². The molecule has 2 atom stereocenters. The van der Waals surface area contributed by atoms with Crippen LogP contribution in [-0.2, 0) is 0 Å². The molecule has 0 rings (SSSR count). The molecule has 0 amide bonds. The smallest absolute Gasteiger partial charge is 0.00925 e. The predicted molar refractivity (Wildman–Crippen MR) is 79.5 cm³/mol. The average Bonchev–Trinajstić information content (AvgIpc) is 2.36. The average molecular weight is 241 g/mol. The van der Waals surface area contributed by atoms with Crippen LogP contribution in [0.3, 0.4) is 0 Å². The molecule has 1 N–H and O–H groups in total. The highest BCUT2D eigenvalue weighted by molar-refractivity contribution is 4.72. The van der Waals surface area contributed by atoms with Crippen molar-refractivity contribution in [3.8, 4) is 0 Å². The summed E-state index contributed by atoms with van der Waals surface area (Å²) in [6.45, 7) is 10.4. The second-order valence-corrected chi connectivity index (χ2v) is 5.50. The fraction of sp³-hybridized carbons (Fsp3) is 1.00. The van der Waals surface area contributed by atoms with Crippen molar-refractivity contribution < 1.29 is 0 Å². The lowest BCUT2D eigenvalue weighted by Gasteiger charge is -2.24. The summed E-state index contributed by atoms with van der Waals surface area (Å²) in [5.74, 6) is 0.831. The number of hydrogen-bond acceptors (Lipinski definition) is 1. The highest BCUT2D eigenvalue weighted by Gasteiger charge is 2.13. The van der Waals surface area contributed by atoms with Gasteiger partial charge < -0.3 is 5.32 Å². The molecule has 0 radical (unpaired) electrons. The molecule has 0 aromatic rings. The standard InChI is InChI=1S/C16H35N/c1-5-8-9-10-11-12-13-16(15(4)7-3)17-14-6-2/h15-17H,5-14H2,1-4H3. The van der Waals surface area contributed by atoms with E-state index in [0.717, 1.165) is 12.0 Å². The van der Waals surface area contributed by atoms with Gasteiger partial charge in [-0.05, 0) is 25.3 Å². The molecule has 104 valence electrons. The summed E-state index contributed by atoms with van der Waals surface area (Å²) in [5, 5.41) is 3.72. The van der Waals surface area contributed by atoms with E-state index in [2.05, 4.69) is 33.0 Å². The van der Waals surface area contributed by atoms with Crippen LogP contribution in [0.25, 0.3) is 0 Å². The van der Waals surface area contributed by atoms with Crippen LogP contribution in [-0.4, -0.2) is 12.6 Å². The van der Waals surface area contributed by atoms with Crippen molar-refractivity contribution in [2.24, 2.45) is 5.92 Å². The van der Waals surface area contributed by atoms with E-state index >= 15 is 0 Å². The van der Waals surface area contributed by atoms with Crippen molar-refractivity contribution in [1.29, 1.82) is 0 Å². The zero-order chi connectivity index (χ0) is 12.9. The first kappa shape index (κ1) is 17.0. The van der Waals surface area contributed by atoms with Crippen molar-refractivity contribution in [2.45, 2.75) is 91.5 Å². The zero-order valence-electron chi connectivity index (χ0n) is 12.7. The molecular weight excluding hydrogens is 206 g/mol. The van der Waals surface area contributed by atoms with Crippen LogP contribution in [0.2, 0.25) is 0 Å². The van der Waals surface area contributed by atoms with Gasteiger partial charge in [-0.2, -0.15) is 0 Å². The van der Waals surface area contributed by atoms with Gasteiger partial charge in [-0.15, -0.1) is 0 Å². The van der Waals surface area contributed by atoms with Crippen molar-refractivity contribution in [3.63, 3.8) is 0 Å². The summed E-state index contributed by atoms with van der Waals surface area (Å²) < 4.78 is 0. The quantitative estimate of drug-likeness (QED) is 0.466. The first-order valence-corrected chi connectivity index (χ1v) is 7.99. The monoisotopic (exact) mass is 241 g/mol. The van der Waals surface area contributed by atoms with E-state index < -0.39 is 0 Å². The molecule has 0 heterocycles. The summed E-state index contributed by atoms with van der Waals surface area (Å²) in [5.41, 5.74) is 0. The maximum Gasteiger partial charge on any atom is 0.00925 e. The molecule has 0 saturated heterocycles. The molecule has 1 heteroatoms. The Balaban J connectivity index is 3.60. The number of unbranched alkanes of at least 4 members (excludes halogenated alkanes) is 5. The van der Waals surface area contributed by atoms with E-state index in [4.69, 9.17) is 0 Å². The van der Waals surface area contributed by atoms with Gasteiger partial charge in [0.2, 0.25) is 0 Å². The summed E-state index contributed by atoms with van der Waals surface area (Å²) in [6, 6.07) is 0.756. The Hall–Kier alpha value is -0.0400. The van der Waals surface area contributed by atoms with Crippen molar-refractivity contribution in [3.05, 3.63) is 0 Å². The Labute approximate surface area is 110 Å². The number of rotatable bonds is 12. The molecular formula is C16H35N. The molecule has 0 saturated carbocycles. The highest BCUT2D eigenvalue weighted by atomic mass is 14.9. The lowest BCUT2D eigenvalue weighted by Crippen LogP contribution is -2.35. The molecule has 2 unspecified atom stereocenters. The molecule has 0 aliphatic rings. The van der Waals surface area contributed by atoms with E-state index in [9.17, 15) is 0 Å². The second-order valence-electron chi connectivity index (χ2n) is 5.50. The van der Waals surface area contributed by atoms with Crippen molar-refractivity contribution >= 4 is 0 Å².